The molecule has 6 heteroatoms. The zero-order valence-electron chi connectivity index (χ0n) is 10.00. The molecule has 98 valence electrons. The first-order chi connectivity index (χ1) is 8.52. The highest BCUT2D eigenvalue weighted by atomic mass is 35.5. The molecule has 18 heavy (non-hydrogen) atoms. The van der Waals surface area contributed by atoms with Crippen LogP contribution in [0.2, 0.25) is 5.02 Å². The number of carbonyl (C=O) groups excluding carboxylic acids is 1. The Kier molecular flexibility index (Phi) is 5.45. The van der Waals surface area contributed by atoms with E-state index in [4.69, 9.17) is 16.7 Å². The maximum Gasteiger partial charge on any atom is 0.335 e. The molecule has 0 bridgehead atoms. The minimum atomic E-state index is -1.09. The number of hydrogen-bond acceptors (Lipinski definition) is 2. The van der Waals surface area contributed by atoms with Crippen molar-refractivity contribution in [2.75, 3.05) is 11.9 Å². The zero-order chi connectivity index (χ0) is 13.5. The first-order valence-corrected chi connectivity index (χ1v) is 5.99. The topological polar surface area (TPSA) is 78.4 Å². The summed E-state index contributed by atoms with van der Waals surface area (Å²) in [4.78, 5) is 22.3. The fourth-order valence-electron chi connectivity index (χ4n) is 1.34. The largest absolute Gasteiger partial charge is 0.478 e. The van der Waals surface area contributed by atoms with Crippen LogP contribution in [0, 0.1) is 0 Å². The molecule has 0 aliphatic carbocycles. The highest BCUT2D eigenvalue weighted by molar-refractivity contribution is 6.31. The number of aromatic carboxylic acids is 1. The van der Waals surface area contributed by atoms with Crippen molar-refractivity contribution in [3.63, 3.8) is 0 Å². The average Bonchev–Trinajstić information content (AvgIpc) is 2.28. The number of carbonyl (C=O) groups is 2. The molecule has 0 aliphatic rings. The standard InChI is InChI=1S/C12H15ClN2O3/c1-2-3-4-14-12(18)15-10-6-8(11(16)17)5-9(13)7-10/h5-7H,2-4H2,1H3,(H,16,17)(H2,14,15,18). The van der Waals surface area contributed by atoms with Crippen molar-refractivity contribution < 1.29 is 14.7 Å². The lowest BCUT2D eigenvalue weighted by Gasteiger charge is -2.08. The number of carboxylic acid groups (broad SMARTS) is 1. The van der Waals surface area contributed by atoms with Gasteiger partial charge in [-0.1, -0.05) is 24.9 Å². The van der Waals surface area contributed by atoms with E-state index in [0.717, 1.165) is 12.8 Å². The van der Waals surface area contributed by atoms with Gasteiger partial charge in [0.2, 0.25) is 0 Å². The summed E-state index contributed by atoms with van der Waals surface area (Å²) >= 11 is 5.77. The number of urea groups is 1. The second-order valence-corrected chi connectivity index (χ2v) is 4.20. The molecular formula is C12H15ClN2O3. The Bertz CT molecular complexity index is 449. The van der Waals surface area contributed by atoms with Crippen LogP contribution in [0.1, 0.15) is 30.1 Å². The predicted molar refractivity (Wildman–Crippen MR) is 70.3 cm³/mol. The molecule has 0 radical (unpaired) electrons. The molecule has 0 spiro atoms. The quantitative estimate of drug-likeness (QED) is 0.720. The Hall–Kier alpha value is -1.75. The summed E-state index contributed by atoms with van der Waals surface area (Å²) in [5, 5.41) is 14.3. The highest BCUT2D eigenvalue weighted by Gasteiger charge is 2.08. The molecule has 0 aromatic heterocycles. The summed E-state index contributed by atoms with van der Waals surface area (Å²) in [5.41, 5.74) is 0.389. The average molecular weight is 271 g/mol. The van der Waals surface area contributed by atoms with Gasteiger partial charge in [-0.2, -0.15) is 0 Å². The van der Waals surface area contributed by atoms with Crippen LogP contribution < -0.4 is 10.6 Å². The smallest absolute Gasteiger partial charge is 0.335 e. The van der Waals surface area contributed by atoms with E-state index in [1.165, 1.54) is 18.2 Å². The van der Waals surface area contributed by atoms with E-state index in [1.807, 2.05) is 6.92 Å². The third-order valence-corrected chi connectivity index (χ3v) is 2.44. The Morgan fingerprint density at radius 3 is 2.67 bits per heavy atom. The molecule has 0 saturated carbocycles. The van der Waals surface area contributed by atoms with Crippen molar-refractivity contribution in [3.05, 3.63) is 28.8 Å². The van der Waals surface area contributed by atoms with E-state index in [-0.39, 0.29) is 16.6 Å². The van der Waals surface area contributed by atoms with Crippen LogP contribution in [-0.4, -0.2) is 23.7 Å². The third-order valence-electron chi connectivity index (χ3n) is 2.22. The third kappa shape index (κ3) is 4.63. The molecule has 1 rings (SSSR count). The molecule has 5 nitrogen and oxygen atoms in total. The lowest BCUT2D eigenvalue weighted by atomic mass is 10.2. The maximum absolute atomic E-state index is 11.5. The van der Waals surface area contributed by atoms with Crippen molar-refractivity contribution in [2.45, 2.75) is 19.8 Å². The Morgan fingerprint density at radius 1 is 1.33 bits per heavy atom. The number of unbranched alkanes of at least 4 members (excludes halogenated alkanes) is 1. The second-order valence-electron chi connectivity index (χ2n) is 3.77. The van der Waals surface area contributed by atoms with Crippen LogP contribution in [0.5, 0.6) is 0 Å². The SMILES string of the molecule is CCCCNC(=O)Nc1cc(Cl)cc(C(=O)O)c1. The Balaban J connectivity index is 2.66. The summed E-state index contributed by atoms with van der Waals surface area (Å²) in [5.74, 6) is -1.09. The lowest BCUT2D eigenvalue weighted by Crippen LogP contribution is -2.29. The molecule has 0 saturated heterocycles. The van der Waals surface area contributed by atoms with E-state index in [0.29, 0.717) is 12.2 Å². The van der Waals surface area contributed by atoms with Crippen molar-refractivity contribution in [3.8, 4) is 0 Å². The maximum atomic E-state index is 11.5. The van der Waals surface area contributed by atoms with Gasteiger partial charge < -0.3 is 15.7 Å². The number of hydrogen-bond donors (Lipinski definition) is 3. The number of carboxylic acids is 1. The fraction of sp³-hybridized carbons (Fsp3) is 0.333. The fourth-order valence-corrected chi connectivity index (χ4v) is 1.57. The van der Waals surface area contributed by atoms with Gasteiger partial charge in [-0.3, -0.25) is 0 Å². The van der Waals surface area contributed by atoms with E-state index >= 15 is 0 Å². The predicted octanol–water partition coefficient (Wildman–Crippen LogP) is 2.96. The molecule has 0 fully saturated rings. The molecule has 0 atom stereocenters. The van der Waals surface area contributed by atoms with Gasteiger partial charge in [-0.05, 0) is 24.6 Å². The second kappa shape index (κ2) is 6.86. The first-order valence-electron chi connectivity index (χ1n) is 5.61. The van der Waals surface area contributed by atoms with Crippen LogP contribution in [0.4, 0.5) is 10.5 Å². The summed E-state index contributed by atoms with van der Waals surface area (Å²) in [6.45, 7) is 2.60. The normalized spacial score (nSPS) is 9.89. The van der Waals surface area contributed by atoms with Crippen LogP contribution in [-0.2, 0) is 0 Å². The summed E-state index contributed by atoms with van der Waals surface area (Å²) in [7, 11) is 0. The summed E-state index contributed by atoms with van der Waals surface area (Å²) < 4.78 is 0. The van der Waals surface area contributed by atoms with Gasteiger partial charge in [-0.25, -0.2) is 9.59 Å². The van der Waals surface area contributed by atoms with Crippen molar-refractivity contribution in [1.29, 1.82) is 0 Å². The number of benzene rings is 1. The summed E-state index contributed by atoms with van der Waals surface area (Å²) in [6, 6.07) is 3.80. The van der Waals surface area contributed by atoms with Gasteiger partial charge >= 0.3 is 12.0 Å². The highest BCUT2D eigenvalue weighted by Crippen LogP contribution is 2.19. The number of anilines is 1. The van der Waals surface area contributed by atoms with Gasteiger partial charge in [0.15, 0.2) is 0 Å². The van der Waals surface area contributed by atoms with E-state index in [9.17, 15) is 9.59 Å². The zero-order valence-corrected chi connectivity index (χ0v) is 10.8. The van der Waals surface area contributed by atoms with Gasteiger partial charge in [0, 0.05) is 17.3 Å². The molecule has 3 N–H and O–H groups in total. The van der Waals surface area contributed by atoms with Crippen molar-refractivity contribution >= 4 is 29.3 Å². The van der Waals surface area contributed by atoms with Gasteiger partial charge in [0.25, 0.3) is 0 Å². The van der Waals surface area contributed by atoms with Crippen molar-refractivity contribution in [2.24, 2.45) is 0 Å². The van der Waals surface area contributed by atoms with Crippen LogP contribution in [0.15, 0.2) is 18.2 Å². The molecule has 0 aliphatic heterocycles. The number of amides is 2. The Labute approximate surface area is 110 Å². The molecule has 1 aromatic carbocycles. The van der Waals surface area contributed by atoms with Crippen LogP contribution in [0.25, 0.3) is 0 Å². The lowest BCUT2D eigenvalue weighted by molar-refractivity contribution is 0.0697. The molecule has 1 aromatic rings. The van der Waals surface area contributed by atoms with Crippen LogP contribution in [0.3, 0.4) is 0 Å². The number of rotatable bonds is 5. The molecular weight excluding hydrogens is 256 g/mol. The minimum Gasteiger partial charge on any atom is -0.478 e. The van der Waals surface area contributed by atoms with Gasteiger partial charge in [0.05, 0.1) is 5.56 Å². The molecule has 0 heterocycles. The summed E-state index contributed by atoms with van der Waals surface area (Å²) in [6.07, 6.45) is 1.88. The van der Waals surface area contributed by atoms with Gasteiger partial charge in [0.1, 0.15) is 0 Å². The molecule has 0 unspecified atom stereocenters. The van der Waals surface area contributed by atoms with Gasteiger partial charge in [-0.15, -0.1) is 0 Å². The number of nitrogens with one attached hydrogen (secondary N) is 2. The molecule has 2 amide bonds. The minimum absolute atomic E-state index is 0.0337. The van der Waals surface area contributed by atoms with E-state index < -0.39 is 5.97 Å². The van der Waals surface area contributed by atoms with E-state index in [1.54, 1.807) is 0 Å². The first kappa shape index (κ1) is 14.3. The van der Waals surface area contributed by atoms with Crippen molar-refractivity contribution in [1.82, 2.24) is 5.32 Å². The van der Waals surface area contributed by atoms with E-state index in [2.05, 4.69) is 10.6 Å². The Morgan fingerprint density at radius 2 is 2.06 bits per heavy atom. The van der Waals surface area contributed by atoms with Crippen LogP contribution >= 0.6 is 11.6 Å². The monoisotopic (exact) mass is 270 g/mol. The number of halogens is 1.